The van der Waals surface area contributed by atoms with E-state index < -0.39 is 0 Å². The second-order valence-corrected chi connectivity index (χ2v) is 6.21. The van der Waals surface area contributed by atoms with E-state index in [4.69, 9.17) is 9.47 Å². The molecule has 2 aromatic rings. The van der Waals surface area contributed by atoms with Crippen molar-refractivity contribution in [3.63, 3.8) is 0 Å². The number of ether oxygens (including phenoxy) is 2. The normalized spacial score (nSPS) is 15.8. The highest BCUT2D eigenvalue weighted by Gasteiger charge is 2.36. The molecule has 1 fully saturated rings. The predicted molar refractivity (Wildman–Crippen MR) is 99.1 cm³/mol. The molecule has 3 rings (SSSR count). The Morgan fingerprint density at radius 3 is 2.52 bits per heavy atom. The summed E-state index contributed by atoms with van der Waals surface area (Å²) in [6.45, 7) is 2.52. The maximum absolute atomic E-state index is 12.6. The zero-order valence-corrected chi connectivity index (χ0v) is 14.7. The Kier molecular flexibility index (Phi) is 5.09. The summed E-state index contributed by atoms with van der Waals surface area (Å²) in [6.07, 6.45) is 1.71. The van der Waals surface area contributed by atoms with E-state index in [9.17, 15) is 9.59 Å². The highest BCUT2D eigenvalue weighted by atomic mass is 32.2. The van der Waals surface area contributed by atoms with Gasteiger partial charge >= 0.3 is 0 Å². The fraction of sp³-hybridized carbons (Fsp3) is 0.158. The van der Waals surface area contributed by atoms with Crippen LogP contribution < -0.4 is 14.4 Å². The van der Waals surface area contributed by atoms with Crippen LogP contribution in [0.5, 0.6) is 11.5 Å². The van der Waals surface area contributed by atoms with E-state index in [1.54, 1.807) is 37.5 Å². The van der Waals surface area contributed by atoms with Crippen molar-refractivity contribution < 1.29 is 19.1 Å². The molecular weight excluding hydrogens is 338 g/mol. The fourth-order valence-corrected chi connectivity index (χ4v) is 3.26. The third-order valence-corrected chi connectivity index (χ3v) is 4.46. The van der Waals surface area contributed by atoms with E-state index in [2.05, 4.69) is 0 Å². The molecule has 0 aliphatic carbocycles. The van der Waals surface area contributed by atoms with Crippen LogP contribution in [-0.2, 0) is 4.79 Å². The minimum absolute atomic E-state index is 0.324. The first-order chi connectivity index (χ1) is 12.1. The molecule has 6 heteroatoms. The Balaban J connectivity index is 1.85. The number of nitrogens with zero attached hydrogens (tertiary/aromatic N) is 1. The molecular formula is C19H17NO4S. The summed E-state index contributed by atoms with van der Waals surface area (Å²) < 4.78 is 10.6. The van der Waals surface area contributed by atoms with Crippen molar-refractivity contribution >= 4 is 34.7 Å². The van der Waals surface area contributed by atoms with Gasteiger partial charge in [0.1, 0.15) is 11.5 Å². The first-order valence-corrected chi connectivity index (χ1v) is 8.59. The molecule has 0 saturated carbocycles. The lowest BCUT2D eigenvalue weighted by Gasteiger charge is -2.13. The van der Waals surface area contributed by atoms with Gasteiger partial charge in [0.05, 0.1) is 24.3 Å². The Morgan fingerprint density at radius 1 is 1.08 bits per heavy atom. The molecule has 2 aromatic carbocycles. The van der Waals surface area contributed by atoms with E-state index in [0.29, 0.717) is 22.9 Å². The van der Waals surface area contributed by atoms with Crippen LogP contribution in [0.15, 0.2) is 53.4 Å². The van der Waals surface area contributed by atoms with Crippen molar-refractivity contribution in [2.24, 2.45) is 0 Å². The molecule has 0 unspecified atom stereocenters. The summed E-state index contributed by atoms with van der Waals surface area (Å²) in [5, 5.41) is -0.324. The standard InChI is InChI=1S/C19H17NO4S/c1-3-24-15-9-7-13(8-10-15)11-17-18(21)20(19(22)25-17)14-5-4-6-16(12-14)23-2/h4-12H,3H2,1-2H3/b17-11-. The van der Waals surface area contributed by atoms with Gasteiger partial charge in [-0.25, -0.2) is 4.90 Å². The van der Waals surface area contributed by atoms with Gasteiger partial charge in [-0.2, -0.15) is 0 Å². The summed E-state index contributed by atoms with van der Waals surface area (Å²) in [5.41, 5.74) is 1.33. The van der Waals surface area contributed by atoms with Gasteiger partial charge in [-0.15, -0.1) is 0 Å². The molecule has 128 valence electrons. The molecule has 1 heterocycles. The van der Waals surface area contributed by atoms with E-state index in [0.717, 1.165) is 28.0 Å². The van der Waals surface area contributed by atoms with Crippen molar-refractivity contribution in [3.05, 3.63) is 59.0 Å². The number of carbonyl (C=O) groups is 2. The van der Waals surface area contributed by atoms with Gasteiger partial charge in [0, 0.05) is 6.07 Å². The number of carbonyl (C=O) groups excluding carboxylic acids is 2. The molecule has 0 bridgehead atoms. The number of benzene rings is 2. The predicted octanol–water partition coefficient (Wildman–Crippen LogP) is 4.33. The first kappa shape index (κ1) is 17.1. The lowest BCUT2D eigenvalue weighted by molar-refractivity contribution is -0.113. The topological polar surface area (TPSA) is 55.8 Å². The quantitative estimate of drug-likeness (QED) is 0.747. The summed E-state index contributed by atoms with van der Waals surface area (Å²) in [7, 11) is 1.54. The van der Waals surface area contributed by atoms with Crippen LogP contribution in [0.3, 0.4) is 0 Å². The molecule has 0 atom stereocenters. The molecule has 2 amide bonds. The van der Waals surface area contributed by atoms with Crippen molar-refractivity contribution in [2.45, 2.75) is 6.92 Å². The molecule has 0 spiro atoms. The Bertz CT molecular complexity index is 830. The van der Waals surface area contributed by atoms with Gasteiger partial charge in [0.25, 0.3) is 11.1 Å². The number of hydrogen-bond donors (Lipinski definition) is 0. The summed E-state index contributed by atoms with van der Waals surface area (Å²) in [6, 6.07) is 14.2. The smallest absolute Gasteiger partial charge is 0.298 e. The van der Waals surface area contributed by atoms with Crippen LogP contribution in [0.4, 0.5) is 10.5 Å². The summed E-state index contributed by atoms with van der Waals surface area (Å²) >= 11 is 0.926. The average molecular weight is 355 g/mol. The number of amides is 2. The maximum Gasteiger partial charge on any atom is 0.298 e. The third kappa shape index (κ3) is 3.69. The van der Waals surface area contributed by atoms with Crippen LogP contribution in [-0.4, -0.2) is 24.9 Å². The summed E-state index contributed by atoms with van der Waals surface area (Å²) in [4.78, 5) is 26.5. The lowest BCUT2D eigenvalue weighted by Crippen LogP contribution is -2.27. The van der Waals surface area contributed by atoms with Crippen molar-refractivity contribution in [1.29, 1.82) is 0 Å². The summed E-state index contributed by atoms with van der Waals surface area (Å²) in [5.74, 6) is 1.02. The molecule has 1 aliphatic heterocycles. The van der Waals surface area contributed by atoms with Crippen LogP contribution in [0.1, 0.15) is 12.5 Å². The number of thioether (sulfide) groups is 1. The van der Waals surface area contributed by atoms with Gasteiger partial charge < -0.3 is 9.47 Å². The number of hydrogen-bond acceptors (Lipinski definition) is 5. The zero-order valence-electron chi connectivity index (χ0n) is 13.9. The molecule has 5 nitrogen and oxygen atoms in total. The van der Waals surface area contributed by atoms with E-state index in [1.807, 2.05) is 31.2 Å². The maximum atomic E-state index is 12.6. The molecule has 1 saturated heterocycles. The van der Waals surface area contributed by atoms with Crippen LogP contribution >= 0.6 is 11.8 Å². The first-order valence-electron chi connectivity index (χ1n) is 7.77. The Hall–Kier alpha value is -2.73. The second-order valence-electron chi connectivity index (χ2n) is 5.22. The molecule has 0 aromatic heterocycles. The van der Waals surface area contributed by atoms with Crippen molar-refractivity contribution in [2.75, 3.05) is 18.6 Å². The SMILES string of the molecule is CCOc1ccc(/C=C2\SC(=O)N(c3cccc(OC)c3)C2=O)cc1. The van der Waals surface area contributed by atoms with Crippen LogP contribution in [0, 0.1) is 0 Å². The van der Waals surface area contributed by atoms with Gasteiger partial charge in [0.15, 0.2) is 0 Å². The number of methoxy groups -OCH3 is 1. The minimum Gasteiger partial charge on any atom is -0.497 e. The number of rotatable bonds is 5. The van der Waals surface area contributed by atoms with Crippen molar-refractivity contribution in [1.82, 2.24) is 0 Å². The molecule has 0 radical (unpaired) electrons. The Labute approximate surface area is 150 Å². The highest BCUT2D eigenvalue weighted by Crippen LogP contribution is 2.36. The fourth-order valence-electron chi connectivity index (χ4n) is 2.42. The van der Waals surface area contributed by atoms with Crippen LogP contribution in [0.25, 0.3) is 6.08 Å². The monoisotopic (exact) mass is 355 g/mol. The Morgan fingerprint density at radius 2 is 1.84 bits per heavy atom. The van der Waals surface area contributed by atoms with Gasteiger partial charge in [-0.1, -0.05) is 18.2 Å². The van der Waals surface area contributed by atoms with Gasteiger partial charge in [-0.05, 0) is 54.6 Å². The molecule has 1 aliphatic rings. The van der Waals surface area contributed by atoms with Gasteiger partial charge in [0.2, 0.25) is 0 Å². The largest absolute Gasteiger partial charge is 0.497 e. The second kappa shape index (κ2) is 7.44. The third-order valence-electron chi connectivity index (χ3n) is 3.59. The van der Waals surface area contributed by atoms with Gasteiger partial charge in [-0.3, -0.25) is 9.59 Å². The minimum atomic E-state index is -0.336. The van der Waals surface area contributed by atoms with Crippen LogP contribution in [0.2, 0.25) is 0 Å². The highest BCUT2D eigenvalue weighted by molar-refractivity contribution is 8.19. The number of imide groups is 1. The zero-order chi connectivity index (χ0) is 17.8. The molecule has 0 N–H and O–H groups in total. The molecule has 25 heavy (non-hydrogen) atoms. The van der Waals surface area contributed by atoms with E-state index in [1.165, 1.54) is 0 Å². The average Bonchev–Trinajstić information content (AvgIpc) is 2.90. The van der Waals surface area contributed by atoms with E-state index in [-0.39, 0.29) is 11.1 Å². The lowest BCUT2D eigenvalue weighted by atomic mass is 10.2. The number of anilines is 1. The van der Waals surface area contributed by atoms with E-state index >= 15 is 0 Å². The van der Waals surface area contributed by atoms with Crippen molar-refractivity contribution in [3.8, 4) is 11.5 Å².